The predicted molar refractivity (Wildman–Crippen MR) is 124 cm³/mol. The summed E-state index contributed by atoms with van der Waals surface area (Å²) in [5, 5.41) is 4.63. The second-order valence-corrected chi connectivity index (χ2v) is 12.1. The van der Waals surface area contributed by atoms with Crippen molar-refractivity contribution in [3.63, 3.8) is 0 Å². The topological polar surface area (TPSA) is 0 Å². The van der Waals surface area contributed by atoms with E-state index in [0.29, 0.717) is 5.66 Å². The second kappa shape index (κ2) is 9.45. The van der Waals surface area contributed by atoms with E-state index in [4.69, 9.17) is 0 Å². The van der Waals surface area contributed by atoms with Gasteiger partial charge in [-0.15, -0.1) is 0 Å². The number of rotatable bonds is 6. The molecule has 0 bridgehead atoms. The lowest BCUT2D eigenvalue weighted by Gasteiger charge is -2.31. The Morgan fingerprint density at radius 2 is 1.52 bits per heavy atom. The SMILES string of the molecule is C1=CCC(P(CP(C2=CCCC=C2)c2ccccc2)c2ccccc2)C=C1. The molecule has 0 nitrogen and oxygen atoms in total. The Balaban J connectivity index is 1.69. The van der Waals surface area contributed by atoms with Crippen LogP contribution in [0.3, 0.4) is 0 Å². The Bertz CT molecular complexity index is 846. The van der Waals surface area contributed by atoms with E-state index in [1.807, 2.05) is 0 Å². The quantitative estimate of drug-likeness (QED) is 0.484. The Morgan fingerprint density at radius 3 is 2.15 bits per heavy atom. The van der Waals surface area contributed by atoms with Gasteiger partial charge < -0.3 is 0 Å². The van der Waals surface area contributed by atoms with Crippen LogP contribution in [0.5, 0.6) is 0 Å². The summed E-state index contributed by atoms with van der Waals surface area (Å²) in [6.45, 7) is 0. The molecule has 2 aromatic rings. The zero-order valence-corrected chi connectivity index (χ0v) is 17.4. The molecule has 3 unspecified atom stereocenters. The lowest BCUT2D eigenvalue weighted by molar-refractivity contribution is 1.03. The van der Waals surface area contributed by atoms with Gasteiger partial charge in [0.05, 0.1) is 0 Å². The van der Waals surface area contributed by atoms with Crippen LogP contribution in [0.4, 0.5) is 0 Å². The third kappa shape index (κ3) is 4.76. The van der Waals surface area contributed by atoms with E-state index in [2.05, 4.69) is 103 Å². The van der Waals surface area contributed by atoms with Crippen LogP contribution in [0.1, 0.15) is 19.3 Å². The summed E-state index contributed by atoms with van der Waals surface area (Å²) in [7, 11) is -0.562. The van der Waals surface area contributed by atoms with Crippen LogP contribution < -0.4 is 10.6 Å². The molecule has 0 saturated heterocycles. The Kier molecular flexibility index (Phi) is 6.52. The van der Waals surface area contributed by atoms with Crippen molar-refractivity contribution in [2.24, 2.45) is 0 Å². The highest BCUT2D eigenvalue weighted by molar-refractivity contribution is 7.84. The van der Waals surface area contributed by atoms with Crippen molar-refractivity contribution in [3.05, 3.63) is 109 Å². The Hall–Kier alpha value is -1.74. The highest BCUT2D eigenvalue weighted by Gasteiger charge is 2.26. The van der Waals surface area contributed by atoms with Crippen molar-refractivity contribution in [1.82, 2.24) is 0 Å². The number of allylic oxidation sites excluding steroid dienone is 8. The summed E-state index contributed by atoms with van der Waals surface area (Å²) in [5.41, 5.74) is 0.647. The van der Waals surface area contributed by atoms with Gasteiger partial charge >= 0.3 is 0 Å². The smallest absolute Gasteiger partial charge is 0.00516 e. The van der Waals surface area contributed by atoms with Gasteiger partial charge in [-0.2, -0.15) is 0 Å². The number of hydrogen-bond acceptors (Lipinski definition) is 0. The number of benzene rings is 2. The van der Waals surface area contributed by atoms with Gasteiger partial charge in [0.1, 0.15) is 0 Å². The Labute approximate surface area is 165 Å². The zero-order chi connectivity index (χ0) is 18.3. The third-order valence-corrected chi connectivity index (χ3v) is 11.5. The molecule has 2 aromatic carbocycles. The largest absolute Gasteiger partial charge is 0.0836 e. The minimum atomic E-state index is -0.317. The highest BCUT2D eigenvalue weighted by Crippen LogP contribution is 2.58. The minimum absolute atomic E-state index is 0.246. The van der Waals surface area contributed by atoms with E-state index in [1.54, 1.807) is 10.6 Å². The molecule has 0 radical (unpaired) electrons. The van der Waals surface area contributed by atoms with Crippen LogP contribution in [0.2, 0.25) is 0 Å². The van der Waals surface area contributed by atoms with E-state index < -0.39 is 0 Å². The molecule has 0 fully saturated rings. The van der Waals surface area contributed by atoms with Gasteiger partial charge in [0.15, 0.2) is 0 Å². The first-order valence-corrected chi connectivity index (χ1v) is 12.9. The lowest BCUT2D eigenvalue weighted by Crippen LogP contribution is -2.16. The summed E-state index contributed by atoms with van der Waals surface area (Å²) in [4.78, 5) is 0. The van der Waals surface area contributed by atoms with Gasteiger partial charge in [-0.1, -0.05) is 111 Å². The maximum atomic E-state index is 2.49. The van der Waals surface area contributed by atoms with E-state index in [9.17, 15) is 0 Å². The number of hydrogen-bond donors (Lipinski definition) is 0. The first-order valence-electron chi connectivity index (χ1n) is 9.76. The van der Waals surface area contributed by atoms with Crippen LogP contribution in [-0.4, -0.2) is 11.6 Å². The lowest BCUT2D eigenvalue weighted by atomic mass is 10.2. The van der Waals surface area contributed by atoms with Gasteiger partial charge in [0, 0.05) is 11.6 Å². The van der Waals surface area contributed by atoms with Crippen molar-refractivity contribution in [1.29, 1.82) is 0 Å². The molecule has 0 saturated carbocycles. The van der Waals surface area contributed by atoms with Crippen molar-refractivity contribution in [3.8, 4) is 0 Å². The molecule has 2 heteroatoms. The predicted octanol–water partition coefficient (Wildman–Crippen LogP) is 6.68. The summed E-state index contributed by atoms with van der Waals surface area (Å²) in [6, 6.07) is 22.5. The molecule has 4 rings (SSSR count). The second-order valence-electron chi connectivity index (χ2n) is 6.94. The molecule has 2 aliphatic rings. The van der Waals surface area contributed by atoms with Crippen LogP contribution >= 0.6 is 15.8 Å². The summed E-state index contributed by atoms with van der Waals surface area (Å²) in [6.07, 6.45) is 20.0. The van der Waals surface area contributed by atoms with Gasteiger partial charge in [-0.25, -0.2) is 0 Å². The molecule has 0 heterocycles. The molecule has 27 heavy (non-hydrogen) atoms. The molecule has 0 aliphatic heterocycles. The van der Waals surface area contributed by atoms with Crippen LogP contribution in [0.15, 0.2) is 109 Å². The minimum Gasteiger partial charge on any atom is -0.0836 e. The van der Waals surface area contributed by atoms with Crippen molar-refractivity contribution < 1.29 is 0 Å². The van der Waals surface area contributed by atoms with Crippen LogP contribution in [0.25, 0.3) is 0 Å². The fourth-order valence-corrected chi connectivity index (χ4v) is 10.8. The summed E-state index contributed by atoms with van der Waals surface area (Å²) in [5.74, 6) is 1.28. The highest BCUT2D eigenvalue weighted by atomic mass is 31.2. The van der Waals surface area contributed by atoms with Gasteiger partial charge in [-0.3, -0.25) is 0 Å². The summed E-state index contributed by atoms with van der Waals surface area (Å²) >= 11 is 0. The van der Waals surface area contributed by atoms with E-state index in [1.165, 1.54) is 30.5 Å². The molecular formula is C25H26P2. The maximum absolute atomic E-state index is 2.49. The monoisotopic (exact) mass is 388 g/mol. The van der Waals surface area contributed by atoms with Gasteiger partial charge in [0.25, 0.3) is 0 Å². The molecule has 0 N–H and O–H groups in total. The first kappa shape index (κ1) is 18.6. The van der Waals surface area contributed by atoms with Crippen molar-refractivity contribution in [2.75, 3.05) is 5.90 Å². The third-order valence-electron chi connectivity index (χ3n) is 5.09. The molecular weight excluding hydrogens is 362 g/mol. The molecule has 0 aromatic heterocycles. The first-order chi connectivity index (χ1) is 13.4. The molecule has 0 spiro atoms. The van der Waals surface area contributed by atoms with Gasteiger partial charge in [0.2, 0.25) is 0 Å². The normalized spacial score (nSPS) is 20.9. The fourth-order valence-electron chi connectivity index (χ4n) is 3.67. The van der Waals surface area contributed by atoms with Crippen molar-refractivity contribution in [2.45, 2.75) is 24.9 Å². The van der Waals surface area contributed by atoms with Gasteiger partial charge in [-0.05, 0) is 43.1 Å². The van der Waals surface area contributed by atoms with E-state index in [0.717, 1.165) is 0 Å². The molecule has 0 amide bonds. The summed E-state index contributed by atoms with van der Waals surface area (Å²) < 4.78 is 0. The average Bonchev–Trinajstić information content (AvgIpc) is 2.77. The fraction of sp³-hybridized carbons (Fsp3) is 0.200. The maximum Gasteiger partial charge on any atom is 0.00516 e. The van der Waals surface area contributed by atoms with Crippen LogP contribution in [-0.2, 0) is 0 Å². The molecule has 136 valence electrons. The van der Waals surface area contributed by atoms with E-state index >= 15 is 0 Å². The zero-order valence-electron chi connectivity index (χ0n) is 15.6. The average molecular weight is 388 g/mol. The molecule has 3 atom stereocenters. The van der Waals surface area contributed by atoms with Crippen LogP contribution in [0, 0.1) is 0 Å². The Morgan fingerprint density at radius 1 is 0.778 bits per heavy atom. The molecule has 2 aliphatic carbocycles. The standard InChI is InChI=1S/C25H26P2/c1-5-13-22(14-6-1)26(23-15-7-2-8-16-23)21-27(24-17-9-3-10-18-24)25-19-11-4-12-20-25/h1-3,5-11,13-15,17-20,23H,4,12,16,21H2. The van der Waals surface area contributed by atoms with E-state index in [-0.39, 0.29) is 15.8 Å². The van der Waals surface area contributed by atoms with Crippen molar-refractivity contribution >= 4 is 26.5 Å².